The molecule has 2 aromatic carbocycles. The lowest BCUT2D eigenvalue weighted by molar-refractivity contribution is -0.156. The zero-order valence-corrected chi connectivity index (χ0v) is 15.2. The van der Waals surface area contributed by atoms with Gasteiger partial charge in [0.15, 0.2) is 0 Å². The summed E-state index contributed by atoms with van der Waals surface area (Å²) >= 11 is 0. The smallest absolute Gasteiger partial charge is 0.470 e. The van der Waals surface area contributed by atoms with E-state index in [2.05, 4.69) is 19.3 Å². The minimum atomic E-state index is -4.75. The highest BCUT2D eigenvalue weighted by Gasteiger charge is 2.38. The number of hydrogen-bond donors (Lipinski definition) is 1. The Balaban J connectivity index is 1.81. The molecule has 3 aromatic rings. The van der Waals surface area contributed by atoms with Crippen molar-refractivity contribution in [1.29, 1.82) is 0 Å². The van der Waals surface area contributed by atoms with E-state index in [1.807, 2.05) is 0 Å². The summed E-state index contributed by atoms with van der Waals surface area (Å²) in [5.41, 5.74) is 0.677. The summed E-state index contributed by atoms with van der Waals surface area (Å²) in [5.74, 6) is -1.54. The number of rotatable bonds is 6. The molecule has 0 aliphatic carbocycles. The average Bonchev–Trinajstić information content (AvgIpc) is 3.18. The first-order valence-corrected chi connectivity index (χ1v) is 9.32. The van der Waals surface area contributed by atoms with Gasteiger partial charge in [-0.2, -0.15) is 13.2 Å². The molecule has 0 unspecified atom stereocenters. The fraction of sp³-hybridized carbons (Fsp3) is 0.176. The molecule has 0 aliphatic rings. The van der Waals surface area contributed by atoms with Gasteiger partial charge in [-0.05, 0) is 24.3 Å². The van der Waals surface area contributed by atoms with Crippen molar-refractivity contribution in [2.45, 2.75) is 17.6 Å². The molecule has 0 bridgehead atoms. The van der Waals surface area contributed by atoms with Crippen LogP contribution in [0.1, 0.15) is 11.5 Å². The Morgan fingerprint density at radius 2 is 1.82 bits per heavy atom. The van der Waals surface area contributed by atoms with Gasteiger partial charge in [-0.1, -0.05) is 24.3 Å². The van der Waals surface area contributed by atoms with Gasteiger partial charge >= 0.3 is 12.1 Å². The summed E-state index contributed by atoms with van der Waals surface area (Å²) in [5, 5.41) is 6.35. The fourth-order valence-electron chi connectivity index (χ4n) is 2.33. The van der Waals surface area contributed by atoms with Crippen LogP contribution in [0.5, 0.6) is 5.75 Å². The van der Waals surface area contributed by atoms with E-state index < -0.39 is 22.1 Å². The van der Waals surface area contributed by atoms with Gasteiger partial charge in [0.25, 0.3) is 0 Å². The van der Waals surface area contributed by atoms with Crippen LogP contribution in [0, 0.1) is 0 Å². The molecule has 1 aromatic heterocycles. The maximum absolute atomic E-state index is 12.6. The largest absolute Gasteiger partial charge is 0.496 e. The molecule has 3 rings (SSSR count). The summed E-state index contributed by atoms with van der Waals surface area (Å²) in [6.07, 6.45) is -4.75. The molecule has 148 valence electrons. The first kappa shape index (κ1) is 19.8. The number of halogens is 3. The maximum Gasteiger partial charge on any atom is 0.470 e. The number of ether oxygens (including phenoxy) is 1. The van der Waals surface area contributed by atoms with E-state index in [1.165, 1.54) is 37.4 Å². The van der Waals surface area contributed by atoms with Crippen LogP contribution in [-0.4, -0.2) is 25.7 Å². The number of alkyl halides is 3. The average molecular weight is 413 g/mol. The SMILES string of the molecule is COc1cc(-c2nnc(C(F)(F)F)o2)ccc1CNS(=O)(=O)c1ccccc1. The quantitative estimate of drug-likeness (QED) is 0.667. The lowest BCUT2D eigenvalue weighted by Gasteiger charge is -2.11. The monoisotopic (exact) mass is 413 g/mol. The molecule has 0 atom stereocenters. The third kappa shape index (κ3) is 4.31. The maximum atomic E-state index is 12.6. The minimum absolute atomic E-state index is 0.0850. The Labute approximate surface area is 158 Å². The van der Waals surface area contributed by atoms with Gasteiger partial charge in [0.05, 0.1) is 12.0 Å². The van der Waals surface area contributed by atoms with Crippen LogP contribution < -0.4 is 9.46 Å². The third-order valence-electron chi connectivity index (χ3n) is 3.71. The highest BCUT2D eigenvalue weighted by atomic mass is 32.2. The van der Waals surface area contributed by atoms with Gasteiger partial charge in [0, 0.05) is 17.7 Å². The van der Waals surface area contributed by atoms with Crippen LogP contribution >= 0.6 is 0 Å². The van der Waals surface area contributed by atoms with Crippen LogP contribution in [0.4, 0.5) is 13.2 Å². The number of methoxy groups -OCH3 is 1. The van der Waals surface area contributed by atoms with Gasteiger partial charge in [-0.15, -0.1) is 10.2 Å². The second kappa shape index (κ2) is 7.60. The zero-order valence-electron chi connectivity index (χ0n) is 14.4. The van der Waals surface area contributed by atoms with Crippen LogP contribution in [0.25, 0.3) is 11.5 Å². The van der Waals surface area contributed by atoms with E-state index in [4.69, 9.17) is 4.74 Å². The second-order valence-corrected chi connectivity index (χ2v) is 7.34. The van der Waals surface area contributed by atoms with Crippen molar-refractivity contribution in [3.05, 3.63) is 60.0 Å². The summed E-state index contributed by atoms with van der Waals surface area (Å²) < 4.78 is 74.7. The topological polar surface area (TPSA) is 94.3 Å². The van der Waals surface area contributed by atoms with E-state index in [0.717, 1.165) is 0 Å². The van der Waals surface area contributed by atoms with E-state index in [1.54, 1.807) is 18.2 Å². The Hall–Kier alpha value is -2.92. The van der Waals surface area contributed by atoms with Crippen molar-refractivity contribution in [3.8, 4) is 17.2 Å². The normalized spacial score (nSPS) is 12.1. The Morgan fingerprint density at radius 3 is 2.43 bits per heavy atom. The summed E-state index contributed by atoms with van der Waals surface area (Å²) in [6.45, 7) is -0.0850. The number of hydrogen-bond acceptors (Lipinski definition) is 6. The van der Waals surface area contributed by atoms with Crippen molar-refractivity contribution in [2.24, 2.45) is 0 Å². The van der Waals surface area contributed by atoms with E-state index >= 15 is 0 Å². The molecule has 0 amide bonds. The van der Waals surface area contributed by atoms with Crippen molar-refractivity contribution < 1.29 is 30.7 Å². The fourth-order valence-corrected chi connectivity index (χ4v) is 3.36. The van der Waals surface area contributed by atoms with Crippen molar-refractivity contribution in [1.82, 2.24) is 14.9 Å². The first-order chi connectivity index (χ1) is 13.2. The highest BCUT2D eigenvalue weighted by molar-refractivity contribution is 7.89. The van der Waals surface area contributed by atoms with Gasteiger partial charge in [0.2, 0.25) is 15.9 Å². The molecular formula is C17H14F3N3O4S. The standard InChI is InChI=1S/C17H14F3N3O4S/c1-26-14-9-11(15-22-23-16(27-15)17(18,19)20)7-8-12(14)10-21-28(24,25)13-5-3-2-4-6-13/h2-9,21H,10H2,1H3. The molecule has 0 aliphatic heterocycles. The molecule has 0 fully saturated rings. The molecular weight excluding hydrogens is 399 g/mol. The molecule has 0 saturated carbocycles. The van der Waals surface area contributed by atoms with Gasteiger partial charge in [-0.3, -0.25) is 0 Å². The molecule has 0 spiro atoms. The molecule has 0 saturated heterocycles. The van der Waals surface area contributed by atoms with Crippen LogP contribution in [0.3, 0.4) is 0 Å². The highest BCUT2D eigenvalue weighted by Crippen LogP contribution is 2.32. The molecule has 11 heteroatoms. The van der Waals surface area contributed by atoms with Gasteiger partial charge in [-0.25, -0.2) is 13.1 Å². The molecule has 7 nitrogen and oxygen atoms in total. The Kier molecular flexibility index (Phi) is 5.38. The number of nitrogens with zero attached hydrogens (tertiary/aromatic N) is 2. The predicted molar refractivity (Wildman–Crippen MR) is 91.8 cm³/mol. The van der Waals surface area contributed by atoms with Crippen LogP contribution in [-0.2, 0) is 22.7 Å². The molecule has 28 heavy (non-hydrogen) atoms. The van der Waals surface area contributed by atoms with E-state index in [-0.39, 0.29) is 28.6 Å². The van der Waals surface area contributed by atoms with Crippen LogP contribution in [0.2, 0.25) is 0 Å². The minimum Gasteiger partial charge on any atom is -0.496 e. The third-order valence-corrected chi connectivity index (χ3v) is 5.12. The number of benzene rings is 2. The predicted octanol–water partition coefficient (Wildman–Crippen LogP) is 3.24. The molecule has 0 radical (unpaired) electrons. The second-order valence-electron chi connectivity index (χ2n) is 5.57. The molecule has 1 N–H and O–H groups in total. The number of aromatic nitrogens is 2. The first-order valence-electron chi connectivity index (χ1n) is 7.83. The lowest BCUT2D eigenvalue weighted by Crippen LogP contribution is -2.23. The Morgan fingerprint density at radius 1 is 1.11 bits per heavy atom. The Bertz CT molecular complexity index is 1070. The van der Waals surface area contributed by atoms with Gasteiger partial charge < -0.3 is 9.15 Å². The van der Waals surface area contributed by atoms with Crippen molar-refractivity contribution in [3.63, 3.8) is 0 Å². The van der Waals surface area contributed by atoms with Crippen molar-refractivity contribution >= 4 is 10.0 Å². The van der Waals surface area contributed by atoms with Crippen molar-refractivity contribution in [2.75, 3.05) is 7.11 Å². The van der Waals surface area contributed by atoms with Crippen LogP contribution in [0.15, 0.2) is 57.8 Å². The summed E-state index contributed by atoms with van der Waals surface area (Å²) in [4.78, 5) is 0.108. The number of nitrogens with one attached hydrogen (secondary N) is 1. The van der Waals surface area contributed by atoms with E-state index in [0.29, 0.717) is 5.56 Å². The summed E-state index contributed by atoms with van der Waals surface area (Å²) in [7, 11) is -2.38. The number of sulfonamides is 1. The van der Waals surface area contributed by atoms with Gasteiger partial charge in [0.1, 0.15) is 5.75 Å². The van der Waals surface area contributed by atoms with E-state index in [9.17, 15) is 21.6 Å². The zero-order chi connectivity index (χ0) is 20.4. The summed E-state index contributed by atoms with van der Waals surface area (Å²) in [6, 6.07) is 12.1. The molecule has 1 heterocycles. The lowest BCUT2D eigenvalue weighted by atomic mass is 10.1.